The van der Waals surface area contributed by atoms with Crippen LogP contribution in [-0.2, 0) is 19.7 Å². The predicted octanol–water partition coefficient (Wildman–Crippen LogP) is 4.21. The zero-order chi connectivity index (χ0) is 26.5. The van der Waals surface area contributed by atoms with Crippen LogP contribution in [0.1, 0.15) is 43.7 Å². The van der Waals surface area contributed by atoms with Crippen molar-refractivity contribution in [1.29, 1.82) is 0 Å². The highest BCUT2D eigenvalue weighted by Crippen LogP contribution is 2.54. The molecule has 1 aliphatic carbocycles. The van der Waals surface area contributed by atoms with Gasteiger partial charge in [0.15, 0.2) is 0 Å². The van der Waals surface area contributed by atoms with Gasteiger partial charge >= 0.3 is 5.97 Å². The molecule has 2 N–H and O–H groups in total. The molecule has 2 aromatic rings. The molecule has 196 valence electrons. The maximum atomic E-state index is 12.9. The fraction of sp³-hybridized carbons (Fsp3) is 0.400. The number of carbonyl (C=O) groups excluding carboxylic acids is 2. The van der Waals surface area contributed by atoms with Gasteiger partial charge in [-0.2, -0.15) is 0 Å². The van der Waals surface area contributed by atoms with Gasteiger partial charge in [0.1, 0.15) is 17.1 Å². The Kier molecular flexibility index (Phi) is 8.03. The summed E-state index contributed by atoms with van der Waals surface area (Å²) in [4.78, 5) is 27.6. The predicted molar refractivity (Wildman–Crippen MR) is 143 cm³/mol. The summed E-state index contributed by atoms with van der Waals surface area (Å²) in [5, 5.41) is 13.5. The molecular weight excluding hydrogens is 468 g/mol. The highest BCUT2D eigenvalue weighted by molar-refractivity contribution is 5.92. The molecule has 1 saturated heterocycles. The Morgan fingerprint density at radius 2 is 2.03 bits per heavy atom. The number of fused-ring (bicyclic) bond motifs is 1. The number of benzene rings is 2. The van der Waals surface area contributed by atoms with E-state index in [4.69, 9.17) is 9.47 Å². The van der Waals surface area contributed by atoms with Crippen LogP contribution in [0.5, 0.6) is 11.5 Å². The molecule has 37 heavy (non-hydrogen) atoms. The smallest absolute Gasteiger partial charge is 0.303 e. The maximum Gasteiger partial charge on any atom is 0.303 e. The molecule has 0 aromatic heterocycles. The van der Waals surface area contributed by atoms with E-state index < -0.39 is 11.0 Å². The molecule has 3 unspecified atom stereocenters. The summed E-state index contributed by atoms with van der Waals surface area (Å²) in [6.07, 6.45) is 7.77. The normalized spacial score (nSPS) is 25.7. The molecule has 4 rings (SSSR count). The molecule has 1 amide bonds. The average molecular weight is 505 g/mol. The second-order valence-corrected chi connectivity index (χ2v) is 10.1. The highest BCUT2D eigenvalue weighted by atomic mass is 16.6. The fourth-order valence-electron chi connectivity index (χ4n) is 6.12. The number of hydrogen-bond donors (Lipinski definition) is 2. The number of phenols is 1. The number of aromatic hydroxyl groups is 1. The van der Waals surface area contributed by atoms with Gasteiger partial charge in [0.2, 0.25) is 5.91 Å². The largest absolute Gasteiger partial charge is 0.508 e. The molecule has 1 saturated carbocycles. The molecule has 2 aromatic carbocycles. The first-order valence-corrected chi connectivity index (χ1v) is 12.7. The minimum atomic E-state index is -0.772. The standard InChI is InChI=1S/C30H36N2O5/c1-4-16-32-17-15-29(24-8-6-9-26(34)19-24)20-25(13-14-30(29,21-32)37-22(2)33)31-28(35)12-11-23-7-5-10-27(18-23)36-3/h4-12,18-19,25,34H,1,13-17,20-21H2,2-3H3,(H,31,35). The van der Waals surface area contributed by atoms with Crippen LogP contribution in [0.25, 0.3) is 6.08 Å². The summed E-state index contributed by atoms with van der Waals surface area (Å²) in [5.74, 6) is 0.397. The topological polar surface area (TPSA) is 88.1 Å². The second-order valence-electron chi connectivity index (χ2n) is 10.1. The van der Waals surface area contributed by atoms with Crippen molar-refractivity contribution in [2.24, 2.45) is 0 Å². The molecule has 3 atom stereocenters. The van der Waals surface area contributed by atoms with Crippen molar-refractivity contribution in [3.05, 3.63) is 78.4 Å². The summed E-state index contributed by atoms with van der Waals surface area (Å²) in [7, 11) is 1.61. The van der Waals surface area contributed by atoms with Crippen molar-refractivity contribution in [1.82, 2.24) is 10.2 Å². The van der Waals surface area contributed by atoms with Crippen LogP contribution in [-0.4, -0.2) is 60.3 Å². The Hall–Kier alpha value is -3.58. The third-order valence-corrected chi connectivity index (χ3v) is 7.69. The molecule has 1 aliphatic heterocycles. The molecule has 2 fully saturated rings. The SMILES string of the molecule is C=CCN1CCC2(c3cccc(O)c3)CC(NC(=O)C=Cc3cccc(OC)c3)CCC2(OC(C)=O)C1. The first kappa shape index (κ1) is 26.5. The van der Waals surface area contributed by atoms with Crippen LogP contribution in [0.15, 0.2) is 67.3 Å². The fourth-order valence-corrected chi connectivity index (χ4v) is 6.12. The number of nitrogens with one attached hydrogen (secondary N) is 1. The van der Waals surface area contributed by atoms with E-state index in [1.807, 2.05) is 42.5 Å². The lowest BCUT2D eigenvalue weighted by Crippen LogP contribution is -2.68. The van der Waals surface area contributed by atoms with E-state index in [-0.39, 0.29) is 23.7 Å². The van der Waals surface area contributed by atoms with Crippen molar-refractivity contribution in [2.75, 3.05) is 26.7 Å². The summed E-state index contributed by atoms with van der Waals surface area (Å²) in [6, 6.07) is 14.6. The minimum Gasteiger partial charge on any atom is -0.508 e. The summed E-state index contributed by atoms with van der Waals surface area (Å²) < 4.78 is 11.5. The number of piperidine rings is 1. The highest BCUT2D eigenvalue weighted by Gasteiger charge is 2.60. The number of nitrogens with zero attached hydrogens (tertiary/aromatic N) is 1. The number of hydrogen-bond acceptors (Lipinski definition) is 6. The number of phenolic OH excluding ortho intramolecular Hbond substituents is 1. The van der Waals surface area contributed by atoms with Crippen molar-refractivity contribution in [3.8, 4) is 11.5 Å². The molecule has 0 spiro atoms. The van der Waals surface area contributed by atoms with Crippen molar-refractivity contribution in [2.45, 2.75) is 49.7 Å². The monoisotopic (exact) mass is 504 g/mol. The number of amides is 1. The number of methoxy groups -OCH3 is 1. The Balaban J connectivity index is 1.62. The lowest BCUT2D eigenvalue weighted by atomic mass is 9.55. The Morgan fingerprint density at radius 3 is 2.76 bits per heavy atom. The zero-order valence-electron chi connectivity index (χ0n) is 21.6. The Labute approximate surface area is 218 Å². The lowest BCUT2D eigenvalue weighted by molar-refractivity contribution is -0.186. The number of ether oxygens (including phenoxy) is 2. The van der Waals surface area contributed by atoms with Gasteiger partial charge in [-0.25, -0.2) is 0 Å². The van der Waals surface area contributed by atoms with E-state index in [9.17, 15) is 14.7 Å². The van der Waals surface area contributed by atoms with E-state index in [1.54, 1.807) is 25.3 Å². The Morgan fingerprint density at radius 1 is 1.22 bits per heavy atom. The molecule has 0 radical (unpaired) electrons. The third kappa shape index (κ3) is 5.72. The van der Waals surface area contributed by atoms with Crippen LogP contribution in [0, 0.1) is 0 Å². The molecular formula is C30H36N2O5. The van der Waals surface area contributed by atoms with Gasteiger partial charge < -0.3 is 19.9 Å². The van der Waals surface area contributed by atoms with E-state index in [1.165, 1.54) is 13.0 Å². The molecule has 1 heterocycles. The second kappa shape index (κ2) is 11.2. The molecule has 7 heteroatoms. The van der Waals surface area contributed by atoms with Gasteiger partial charge in [-0.3, -0.25) is 14.5 Å². The van der Waals surface area contributed by atoms with Gasteiger partial charge in [0, 0.05) is 37.5 Å². The van der Waals surface area contributed by atoms with Gasteiger partial charge in [-0.15, -0.1) is 6.58 Å². The lowest BCUT2D eigenvalue weighted by Gasteiger charge is -2.59. The summed E-state index contributed by atoms with van der Waals surface area (Å²) in [6.45, 7) is 7.40. The van der Waals surface area contributed by atoms with Crippen molar-refractivity contribution in [3.63, 3.8) is 0 Å². The van der Waals surface area contributed by atoms with Gasteiger partial charge in [-0.1, -0.05) is 30.3 Å². The summed E-state index contributed by atoms with van der Waals surface area (Å²) in [5.41, 5.74) is 0.476. The zero-order valence-corrected chi connectivity index (χ0v) is 21.6. The maximum absolute atomic E-state index is 12.9. The van der Waals surface area contributed by atoms with E-state index in [0.29, 0.717) is 32.4 Å². The molecule has 2 aliphatic rings. The number of esters is 1. The van der Waals surface area contributed by atoms with Crippen LogP contribution in [0.4, 0.5) is 0 Å². The molecule has 7 nitrogen and oxygen atoms in total. The first-order chi connectivity index (χ1) is 17.8. The Bertz CT molecular complexity index is 1180. The van der Waals surface area contributed by atoms with E-state index in [2.05, 4.69) is 16.8 Å². The van der Waals surface area contributed by atoms with E-state index in [0.717, 1.165) is 29.8 Å². The number of likely N-dealkylation sites (tertiary alicyclic amines) is 1. The van der Waals surface area contributed by atoms with Gasteiger partial charge in [0.25, 0.3) is 0 Å². The van der Waals surface area contributed by atoms with Gasteiger partial charge in [-0.05, 0) is 73.7 Å². The quantitative estimate of drug-likeness (QED) is 0.318. The average Bonchev–Trinajstić information content (AvgIpc) is 2.87. The van der Waals surface area contributed by atoms with Crippen LogP contribution < -0.4 is 10.1 Å². The number of rotatable bonds is 8. The van der Waals surface area contributed by atoms with Crippen molar-refractivity contribution < 1.29 is 24.2 Å². The van der Waals surface area contributed by atoms with Gasteiger partial charge in [0.05, 0.1) is 7.11 Å². The van der Waals surface area contributed by atoms with Crippen LogP contribution in [0.3, 0.4) is 0 Å². The minimum absolute atomic E-state index is 0.112. The van der Waals surface area contributed by atoms with Crippen LogP contribution in [0.2, 0.25) is 0 Å². The first-order valence-electron chi connectivity index (χ1n) is 12.7. The van der Waals surface area contributed by atoms with Crippen LogP contribution >= 0.6 is 0 Å². The number of carbonyl (C=O) groups is 2. The van der Waals surface area contributed by atoms with Crippen molar-refractivity contribution >= 4 is 18.0 Å². The van der Waals surface area contributed by atoms with E-state index >= 15 is 0 Å². The summed E-state index contributed by atoms with van der Waals surface area (Å²) >= 11 is 0. The molecule has 0 bridgehead atoms. The third-order valence-electron chi connectivity index (χ3n) is 7.69.